The Morgan fingerprint density at radius 3 is 2.72 bits per heavy atom. The standard InChI is InChI=1S/C15H29N3/c1-2-16-13-6-7-14(11-13)18-10-9-17-8-4-3-5-15(17)12-18/h13-16H,2-12H2,1H3. The Kier molecular flexibility index (Phi) is 4.22. The van der Waals surface area contributed by atoms with E-state index >= 15 is 0 Å². The zero-order valence-corrected chi connectivity index (χ0v) is 11.9. The van der Waals surface area contributed by atoms with Gasteiger partial charge in [0.05, 0.1) is 0 Å². The molecule has 0 bridgehead atoms. The molecule has 0 amide bonds. The first-order chi connectivity index (χ1) is 8.86. The topological polar surface area (TPSA) is 18.5 Å². The average molecular weight is 251 g/mol. The monoisotopic (exact) mass is 251 g/mol. The zero-order chi connectivity index (χ0) is 12.4. The number of piperidine rings is 1. The minimum Gasteiger partial charge on any atom is -0.314 e. The van der Waals surface area contributed by atoms with Crippen LogP contribution in [-0.2, 0) is 0 Å². The highest BCUT2D eigenvalue weighted by atomic mass is 15.3. The van der Waals surface area contributed by atoms with E-state index in [0.29, 0.717) is 0 Å². The van der Waals surface area contributed by atoms with Crippen LogP contribution in [0.2, 0.25) is 0 Å². The summed E-state index contributed by atoms with van der Waals surface area (Å²) in [5.41, 5.74) is 0. The van der Waals surface area contributed by atoms with E-state index in [-0.39, 0.29) is 0 Å². The molecular weight excluding hydrogens is 222 g/mol. The summed E-state index contributed by atoms with van der Waals surface area (Å²) in [7, 11) is 0. The van der Waals surface area contributed by atoms with E-state index in [1.54, 1.807) is 0 Å². The Balaban J connectivity index is 1.51. The molecule has 1 N–H and O–H groups in total. The highest BCUT2D eigenvalue weighted by molar-refractivity contribution is 4.92. The first-order valence-electron chi connectivity index (χ1n) is 8.08. The Bertz CT molecular complexity index is 268. The summed E-state index contributed by atoms with van der Waals surface area (Å²) in [4.78, 5) is 5.56. The number of fused-ring (bicyclic) bond motifs is 1. The molecule has 104 valence electrons. The summed E-state index contributed by atoms with van der Waals surface area (Å²) in [5.74, 6) is 0. The van der Waals surface area contributed by atoms with E-state index in [1.165, 1.54) is 64.7 Å². The first kappa shape index (κ1) is 12.9. The lowest BCUT2D eigenvalue weighted by Crippen LogP contribution is -2.56. The largest absolute Gasteiger partial charge is 0.314 e. The number of hydrogen-bond acceptors (Lipinski definition) is 3. The van der Waals surface area contributed by atoms with Crippen molar-refractivity contribution in [1.82, 2.24) is 15.1 Å². The highest BCUT2D eigenvalue weighted by Gasteiger charge is 2.35. The van der Waals surface area contributed by atoms with E-state index in [4.69, 9.17) is 0 Å². The number of piperazine rings is 1. The van der Waals surface area contributed by atoms with Crippen molar-refractivity contribution in [3.8, 4) is 0 Å². The first-order valence-corrected chi connectivity index (χ1v) is 8.08. The molecule has 3 atom stereocenters. The van der Waals surface area contributed by atoms with Gasteiger partial charge in [0.15, 0.2) is 0 Å². The van der Waals surface area contributed by atoms with Crippen LogP contribution in [0.3, 0.4) is 0 Å². The van der Waals surface area contributed by atoms with Crippen molar-refractivity contribution in [2.45, 2.75) is 63.6 Å². The summed E-state index contributed by atoms with van der Waals surface area (Å²) in [6, 6.07) is 2.55. The Labute approximate surface area is 112 Å². The van der Waals surface area contributed by atoms with Crippen LogP contribution in [0.1, 0.15) is 45.4 Å². The quantitative estimate of drug-likeness (QED) is 0.823. The van der Waals surface area contributed by atoms with Crippen LogP contribution in [-0.4, -0.2) is 60.6 Å². The Hall–Kier alpha value is -0.120. The fourth-order valence-electron chi connectivity index (χ4n) is 4.28. The smallest absolute Gasteiger partial charge is 0.0223 e. The van der Waals surface area contributed by atoms with Gasteiger partial charge in [-0.1, -0.05) is 13.3 Å². The van der Waals surface area contributed by atoms with Gasteiger partial charge in [-0.25, -0.2) is 0 Å². The molecule has 3 aliphatic rings. The minimum atomic E-state index is 0.796. The molecule has 18 heavy (non-hydrogen) atoms. The number of nitrogens with one attached hydrogen (secondary N) is 1. The van der Waals surface area contributed by atoms with Gasteiger partial charge in [0.1, 0.15) is 0 Å². The summed E-state index contributed by atoms with van der Waals surface area (Å²) in [5, 5.41) is 3.63. The van der Waals surface area contributed by atoms with Gasteiger partial charge in [0.25, 0.3) is 0 Å². The molecule has 3 heteroatoms. The van der Waals surface area contributed by atoms with E-state index in [1.807, 2.05) is 0 Å². The molecule has 0 spiro atoms. The van der Waals surface area contributed by atoms with Crippen molar-refractivity contribution in [2.24, 2.45) is 0 Å². The fourth-order valence-corrected chi connectivity index (χ4v) is 4.28. The van der Waals surface area contributed by atoms with Crippen LogP contribution in [0.15, 0.2) is 0 Å². The molecule has 3 nitrogen and oxygen atoms in total. The molecule has 0 aromatic heterocycles. The molecule has 3 unspecified atom stereocenters. The van der Waals surface area contributed by atoms with Crippen LogP contribution in [0.5, 0.6) is 0 Å². The third-order valence-electron chi connectivity index (χ3n) is 5.28. The molecule has 3 fully saturated rings. The fraction of sp³-hybridized carbons (Fsp3) is 1.00. The van der Waals surface area contributed by atoms with E-state index in [9.17, 15) is 0 Å². The van der Waals surface area contributed by atoms with Crippen LogP contribution in [0, 0.1) is 0 Å². The zero-order valence-electron chi connectivity index (χ0n) is 11.9. The van der Waals surface area contributed by atoms with Gasteiger partial charge in [0, 0.05) is 37.8 Å². The third kappa shape index (κ3) is 2.73. The maximum atomic E-state index is 3.63. The Morgan fingerprint density at radius 1 is 0.944 bits per heavy atom. The molecule has 0 radical (unpaired) electrons. The average Bonchev–Trinajstić information content (AvgIpc) is 2.87. The lowest BCUT2D eigenvalue weighted by atomic mass is 9.98. The van der Waals surface area contributed by atoms with Gasteiger partial charge in [-0.2, -0.15) is 0 Å². The summed E-state index contributed by atoms with van der Waals surface area (Å²) < 4.78 is 0. The molecule has 0 aromatic rings. The second-order valence-corrected chi connectivity index (χ2v) is 6.40. The number of hydrogen-bond donors (Lipinski definition) is 1. The normalized spacial score (nSPS) is 38.8. The van der Waals surface area contributed by atoms with Crippen molar-refractivity contribution < 1.29 is 0 Å². The van der Waals surface area contributed by atoms with Gasteiger partial charge in [0.2, 0.25) is 0 Å². The van der Waals surface area contributed by atoms with Crippen molar-refractivity contribution in [1.29, 1.82) is 0 Å². The molecule has 0 aromatic carbocycles. The molecule has 2 saturated heterocycles. The highest BCUT2D eigenvalue weighted by Crippen LogP contribution is 2.28. The van der Waals surface area contributed by atoms with Gasteiger partial charge >= 0.3 is 0 Å². The second-order valence-electron chi connectivity index (χ2n) is 6.40. The Morgan fingerprint density at radius 2 is 1.83 bits per heavy atom. The van der Waals surface area contributed by atoms with Gasteiger partial charge < -0.3 is 5.32 Å². The van der Waals surface area contributed by atoms with Gasteiger partial charge in [-0.15, -0.1) is 0 Å². The molecule has 1 aliphatic carbocycles. The summed E-state index contributed by atoms with van der Waals surface area (Å²) in [6.07, 6.45) is 8.54. The lowest BCUT2D eigenvalue weighted by molar-refractivity contribution is 0.0282. The van der Waals surface area contributed by atoms with Crippen LogP contribution < -0.4 is 5.32 Å². The van der Waals surface area contributed by atoms with Gasteiger partial charge in [-0.3, -0.25) is 9.80 Å². The van der Waals surface area contributed by atoms with Crippen molar-refractivity contribution in [3.05, 3.63) is 0 Å². The van der Waals surface area contributed by atoms with Crippen molar-refractivity contribution in [2.75, 3.05) is 32.7 Å². The second kappa shape index (κ2) is 5.89. The van der Waals surface area contributed by atoms with Crippen LogP contribution in [0.25, 0.3) is 0 Å². The molecule has 1 saturated carbocycles. The SMILES string of the molecule is CCNC1CCC(N2CCN3CCCCC3C2)C1. The third-order valence-corrected chi connectivity index (χ3v) is 5.28. The molecule has 3 rings (SSSR count). The predicted octanol–water partition coefficient (Wildman–Crippen LogP) is 1.69. The minimum absolute atomic E-state index is 0.796. The number of nitrogens with zero attached hydrogens (tertiary/aromatic N) is 2. The van der Waals surface area contributed by atoms with E-state index < -0.39 is 0 Å². The number of rotatable bonds is 3. The molecule has 2 aliphatic heterocycles. The summed E-state index contributed by atoms with van der Waals surface area (Å²) in [6.45, 7) is 8.72. The summed E-state index contributed by atoms with van der Waals surface area (Å²) >= 11 is 0. The van der Waals surface area contributed by atoms with Crippen molar-refractivity contribution in [3.63, 3.8) is 0 Å². The lowest BCUT2D eigenvalue weighted by Gasteiger charge is -2.46. The molecule has 2 heterocycles. The maximum Gasteiger partial charge on any atom is 0.0223 e. The van der Waals surface area contributed by atoms with Crippen LogP contribution >= 0.6 is 0 Å². The molecular formula is C15H29N3. The predicted molar refractivity (Wildman–Crippen MR) is 75.9 cm³/mol. The van der Waals surface area contributed by atoms with E-state index in [2.05, 4.69) is 22.0 Å². The van der Waals surface area contributed by atoms with Crippen LogP contribution in [0.4, 0.5) is 0 Å². The maximum absolute atomic E-state index is 3.63. The van der Waals surface area contributed by atoms with Crippen molar-refractivity contribution >= 4 is 0 Å². The van der Waals surface area contributed by atoms with Gasteiger partial charge in [-0.05, 0) is 45.2 Å². The van der Waals surface area contributed by atoms with E-state index in [0.717, 1.165) is 24.7 Å².